The van der Waals surface area contributed by atoms with Crippen molar-refractivity contribution >= 4 is 11.1 Å². The summed E-state index contributed by atoms with van der Waals surface area (Å²) < 4.78 is 18.0. The smallest absolute Gasteiger partial charge is 0.00142 e. The van der Waals surface area contributed by atoms with Crippen LogP contribution < -0.4 is 0 Å². The molecule has 0 aliphatic rings. The molecule has 0 spiro atoms. The molecule has 0 aliphatic carbocycles. The Kier molecular flexibility index (Phi) is 6.02. The van der Waals surface area contributed by atoms with E-state index in [4.69, 9.17) is 8.76 Å². The van der Waals surface area contributed by atoms with E-state index in [0.717, 1.165) is 6.26 Å². The number of rotatable bonds is 0. The second-order valence-corrected chi connectivity index (χ2v) is 2.36. The number of hydrogen-bond donors (Lipinski definition) is 0. The van der Waals surface area contributed by atoms with E-state index in [2.05, 4.69) is 0 Å². The zero-order valence-electron chi connectivity index (χ0n) is 5.69. The molecule has 0 saturated carbocycles. The van der Waals surface area contributed by atoms with Gasteiger partial charge in [0.15, 0.2) is 0 Å². The van der Waals surface area contributed by atoms with Crippen LogP contribution >= 0.6 is 0 Å². The first-order valence-electron chi connectivity index (χ1n) is 2.74. The van der Waals surface area contributed by atoms with Crippen molar-refractivity contribution in [2.45, 2.75) is 0 Å². The van der Waals surface area contributed by atoms with Gasteiger partial charge in [-0.1, -0.05) is 47.5 Å². The van der Waals surface area contributed by atoms with Crippen LogP contribution in [-0.4, -0.2) is 15.0 Å². The zero-order chi connectivity index (χ0) is 7.82. The summed E-state index contributed by atoms with van der Waals surface area (Å²) in [5.74, 6) is 0. The summed E-state index contributed by atoms with van der Waals surface area (Å²) in [4.78, 5) is 0. The first-order chi connectivity index (χ1) is 4.73. The van der Waals surface area contributed by atoms with Crippen LogP contribution in [0.3, 0.4) is 0 Å². The Labute approximate surface area is 63.2 Å². The average Bonchev–Trinajstić information content (AvgIpc) is 1.90. The molecule has 0 heterocycles. The van der Waals surface area contributed by atoms with Gasteiger partial charge in [-0.05, 0) is 6.26 Å². The predicted octanol–water partition coefficient (Wildman–Crippen LogP) is 1.18. The highest BCUT2D eigenvalue weighted by molar-refractivity contribution is 7.78. The van der Waals surface area contributed by atoms with Crippen LogP contribution in [0.5, 0.6) is 0 Å². The minimum atomic E-state index is -1.86. The van der Waals surface area contributed by atoms with Crippen molar-refractivity contribution in [3.8, 4) is 0 Å². The Morgan fingerprint density at radius 3 is 1.20 bits per heavy atom. The Morgan fingerprint density at radius 2 is 1.10 bits per heavy atom. The summed E-state index contributed by atoms with van der Waals surface area (Å²) in [5, 5.41) is 0. The summed E-state index contributed by atoms with van der Waals surface area (Å²) in [6.45, 7) is 0. The lowest BCUT2D eigenvalue weighted by molar-refractivity contribution is 0.543. The predicted molar refractivity (Wildman–Crippen MR) is 41.3 cm³/mol. The highest BCUT2D eigenvalue weighted by Gasteiger charge is 1.57. The Hall–Kier alpha value is -0.670. The Bertz CT molecular complexity index is 144. The summed E-state index contributed by atoms with van der Waals surface area (Å²) in [6, 6.07) is 12.0. The van der Waals surface area contributed by atoms with Gasteiger partial charge in [-0.15, -0.1) is 0 Å². The van der Waals surface area contributed by atoms with Crippen molar-refractivity contribution in [1.82, 2.24) is 0 Å². The minimum Gasteiger partial charge on any atom is -0.773 e. The first kappa shape index (κ1) is 9.33. The van der Waals surface area contributed by atoms with Gasteiger partial charge in [-0.25, -0.2) is 0 Å². The fraction of sp³-hybridized carbons (Fsp3) is 0.143. The van der Waals surface area contributed by atoms with Crippen LogP contribution in [0.25, 0.3) is 0 Å². The summed E-state index contributed by atoms with van der Waals surface area (Å²) in [7, 11) is 0. The van der Waals surface area contributed by atoms with Gasteiger partial charge in [0.25, 0.3) is 0 Å². The summed E-state index contributed by atoms with van der Waals surface area (Å²) in [6.07, 6.45) is 1.08. The average molecular weight is 157 g/mol. The molecule has 1 unspecified atom stereocenters. The minimum absolute atomic E-state index is 1.08. The highest BCUT2D eigenvalue weighted by Crippen LogP contribution is 1.79. The highest BCUT2D eigenvalue weighted by atomic mass is 32.2. The number of benzene rings is 1. The van der Waals surface area contributed by atoms with Crippen molar-refractivity contribution in [1.29, 1.82) is 0 Å². The van der Waals surface area contributed by atoms with Crippen molar-refractivity contribution in [3.63, 3.8) is 0 Å². The number of hydrogen-bond acceptors (Lipinski definition) is 2. The van der Waals surface area contributed by atoms with Gasteiger partial charge in [0, 0.05) is 0 Å². The quantitative estimate of drug-likeness (QED) is 0.530. The molecule has 0 saturated heterocycles. The van der Waals surface area contributed by atoms with Crippen LogP contribution in [-0.2, 0) is 11.1 Å². The molecule has 56 valence electrons. The van der Waals surface area contributed by atoms with Crippen LogP contribution in [0.1, 0.15) is 0 Å². The maximum atomic E-state index is 9.00. The summed E-state index contributed by atoms with van der Waals surface area (Å²) >= 11 is -1.86. The largest absolute Gasteiger partial charge is 0.773 e. The molecule has 0 fully saturated rings. The van der Waals surface area contributed by atoms with E-state index >= 15 is 0 Å². The van der Waals surface area contributed by atoms with E-state index in [0.29, 0.717) is 0 Å². The van der Waals surface area contributed by atoms with E-state index < -0.39 is 11.1 Å². The standard InChI is InChI=1S/C6H6.CH4O2S/c1-2-4-6-5-3-1;1-4(2)3/h1-6H;1H3,(H,2,3)/p-1. The monoisotopic (exact) mass is 157 g/mol. The maximum absolute atomic E-state index is 9.00. The third-order valence-electron chi connectivity index (χ3n) is 0.667. The Balaban J connectivity index is 0.000000180. The molecule has 0 aromatic heterocycles. The van der Waals surface area contributed by atoms with E-state index in [1.165, 1.54) is 0 Å². The molecule has 1 aromatic rings. The van der Waals surface area contributed by atoms with E-state index in [1.54, 1.807) is 0 Å². The van der Waals surface area contributed by atoms with E-state index in [-0.39, 0.29) is 0 Å². The third-order valence-corrected chi connectivity index (χ3v) is 0.667. The lowest BCUT2D eigenvalue weighted by Gasteiger charge is -1.85. The molecule has 10 heavy (non-hydrogen) atoms. The Morgan fingerprint density at radius 1 is 1.00 bits per heavy atom. The molecular formula is C7H9O2S-. The van der Waals surface area contributed by atoms with Gasteiger partial charge in [0.1, 0.15) is 0 Å². The second kappa shape index (κ2) is 6.45. The molecule has 0 amide bonds. The normalized spacial score (nSPS) is 11.0. The second-order valence-electron chi connectivity index (χ2n) is 1.56. The molecule has 2 nitrogen and oxygen atoms in total. The molecule has 0 aliphatic heterocycles. The van der Waals surface area contributed by atoms with Gasteiger partial charge >= 0.3 is 0 Å². The molecular weight excluding hydrogens is 148 g/mol. The fourth-order valence-electron chi connectivity index (χ4n) is 0.385. The first-order valence-corrected chi connectivity index (χ1v) is 4.22. The van der Waals surface area contributed by atoms with Crippen LogP contribution in [0, 0.1) is 0 Å². The van der Waals surface area contributed by atoms with Gasteiger partial charge < -0.3 is 4.55 Å². The van der Waals surface area contributed by atoms with Crippen molar-refractivity contribution in [2.75, 3.05) is 6.26 Å². The van der Waals surface area contributed by atoms with Gasteiger partial charge in [-0.3, -0.25) is 4.21 Å². The maximum Gasteiger partial charge on any atom is -0.00142 e. The molecule has 1 atom stereocenters. The zero-order valence-corrected chi connectivity index (χ0v) is 6.51. The molecule has 1 rings (SSSR count). The van der Waals surface area contributed by atoms with Crippen LogP contribution in [0.2, 0.25) is 0 Å². The lowest BCUT2D eigenvalue weighted by atomic mass is 10.4. The van der Waals surface area contributed by atoms with Gasteiger partial charge in [-0.2, -0.15) is 0 Å². The summed E-state index contributed by atoms with van der Waals surface area (Å²) in [5.41, 5.74) is 0. The lowest BCUT2D eigenvalue weighted by Crippen LogP contribution is -1.73. The molecule has 0 N–H and O–H groups in total. The fourth-order valence-corrected chi connectivity index (χ4v) is 0.385. The van der Waals surface area contributed by atoms with Gasteiger partial charge in [0.05, 0.1) is 0 Å². The van der Waals surface area contributed by atoms with Crippen LogP contribution in [0.15, 0.2) is 36.4 Å². The van der Waals surface area contributed by atoms with E-state index in [9.17, 15) is 0 Å². The SMILES string of the molecule is CS(=O)[O-].c1ccccc1. The van der Waals surface area contributed by atoms with Crippen LogP contribution in [0.4, 0.5) is 0 Å². The topological polar surface area (TPSA) is 40.1 Å². The molecule has 0 bridgehead atoms. The molecule has 3 heteroatoms. The van der Waals surface area contributed by atoms with Crippen molar-refractivity contribution in [2.24, 2.45) is 0 Å². The van der Waals surface area contributed by atoms with E-state index in [1.807, 2.05) is 36.4 Å². The third kappa shape index (κ3) is 10.3. The van der Waals surface area contributed by atoms with Gasteiger partial charge in [0.2, 0.25) is 0 Å². The van der Waals surface area contributed by atoms with Crippen molar-refractivity contribution < 1.29 is 8.76 Å². The molecule has 0 radical (unpaired) electrons. The van der Waals surface area contributed by atoms with Crippen molar-refractivity contribution in [3.05, 3.63) is 36.4 Å². The molecule has 1 aromatic carbocycles.